The van der Waals surface area contributed by atoms with Gasteiger partial charge in [-0.2, -0.15) is 0 Å². The summed E-state index contributed by atoms with van der Waals surface area (Å²) in [5.41, 5.74) is 9.18. The van der Waals surface area contributed by atoms with Crippen molar-refractivity contribution >= 4 is 29.3 Å². The van der Waals surface area contributed by atoms with Crippen molar-refractivity contribution in [1.82, 2.24) is 10.9 Å². The fourth-order valence-corrected chi connectivity index (χ4v) is 3.03. The van der Waals surface area contributed by atoms with Gasteiger partial charge in [-0.1, -0.05) is 48.0 Å². The second-order valence-electron chi connectivity index (χ2n) is 5.75. The molecule has 0 heterocycles. The highest BCUT2D eigenvalue weighted by molar-refractivity contribution is 7.99. The fraction of sp³-hybridized carbons (Fsp3) is 0.263. The van der Waals surface area contributed by atoms with E-state index in [2.05, 4.69) is 16.2 Å². The summed E-state index contributed by atoms with van der Waals surface area (Å²) in [4.78, 5) is 23.5. The molecule has 0 aliphatic carbocycles. The van der Waals surface area contributed by atoms with Crippen LogP contribution >= 0.6 is 11.8 Å². The molecule has 25 heavy (non-hydrogen) atoms. The minimum Gasteiger partial charge on any atom is -0.376 e. The molecule has 2 rings (SSSR count). The molecule has 0 bridgehead atoms. The second-order valence-corrected chi connectivity index (χ2v) is 6.73. The maximum atomic E-state index is 11.8. The molecule has 0 saturated carbocycles. The van der Waals surface area contributed by atoms with Crippen molar-refractivity contribution in [3.63, 3.8) is 0 Å². The van der Waals surface area contributed by atoms with Gasteiger partial charge in [0, 0.05) is 11.4 Å². The van der Waals surface area contributed by atoms with Gasteiger partial charge >= 0.3 is 0 Å². The summed E-state index contributed by atoms with van der Waals surface area (Å²) in [7, 11) is 0. The summed E-state index contributed by atoms with van der Waals surface area (Å²) in [5.74, 6) is 0.540. The van der Waals surface area contributed by atoms with Crippen LogP contribution in [0.3, 0.4) is 0 Å². The van der Waals surface area contributed by atoms with E-state index >= 15 is 0 Å². The average molecular weight is 357 g/mol. The SMILES string of the molecule is Cc1ccc(NCC(=O)NNC(=O)CSCc2ccccc2)c(C)c1. The molecule has 2 aromatic rings. The summed E-state index contributed by atoms with van der Waals surface area (Å²) >= 11 is 1.50. The van der Waals surface area contributed by atoms with Crippen LogP contribution in [-0.2, 0) is 15.3 Å². The summed E-state index contributed by atoms with van der Waals surface area (Å²) in [6.45, 7) is 4.11. The summed E-state index contributed by atoms with van der Waals surface area (Å²) in [6.07, 6.45) is 0. The van der Waals surface area contributed by atoms with Crippen molar-refractivity contribution in [3.8, 4) is 0 Å². The molecule has 0 aromatic heterocycles. The van der Waals surface area contributed by atoms with Crippen LogP contribution < -0.4 is 16.2 Å². The molecule has 0 spiro atoms. The molecule has 2 amide bonds. The zero-order chi connectivity index (χ0) is 18.1. The molecule has 5 nitrogen and oxygen atoms in total. The number of hydrogen-bond acceptors (Lipinski definition) is 4. The lowest BCUT2D eigenvalue weighted by Crippen LogP contribution is -2.44. The minimum absolute atomic E-state index is 0.0986. The van der Waals surface area contributed by atoms with Crippen molar-refractivity contribution < 1.29 is 9.59 Å². The van der Waals surface area contributed by atoms with Gasteiger partial charge in [-0.15, -0.1) is 11.8 Å². The van der Waals surface area contributed by atoms with Gasteiger partial charge in [-0.3, -0.25) is 20.4 Å². The first-order chi connectivity index (χ1) is 12.0. The Morgan fingerprint density at radius 1 is 0.960 bits per heavy atom. The van der Waals surface area contributed by atoms with E-state index in [9.17, 15) is 9.59 Å². The topological polar surface area (TPSA) is 70.2 Å². The Morgan fingerprint density at radius 3 is 2.40 bits per heavy atom. The number of amides is 2. The lowest BCUT2D eigenvalue weighted by atomic mass is 10.1. The number of hydrazine groups is 1. The molecule has 0 atom stereocenters. The number of carbonyl (C=O) groups is 2. The van der Waals surface area contributed by atoms with Crippen LogP contribution in [0.25, 0.3) is 0 Å². The van der Waals surface area contributed by atoms with E-state index in [0.717, 1.165) is 17.0 Å². The summed E-state index contributed by atoms with van der Waals surface area (Å²) < 4.78 is 0. The van der Waals surface area contributed by atoms with Gasteiger partial charge in [0.05, 0.1) is 12.3 Å². The quantitative estimate of drug-likeness (QED) is 0.667. The number of benzene rings is 2. The monoisotopic (exact) mass is 357 g/mol. The normalized spacial score (nSPS) is 10.2. The molecule has 0 saturated heterocycles. The van der Waals surface area contributed by atoms with Gasteiger partial charge in [-0.05, 0) is 31.0 Å². The number of nitrogens with one attached hydrogen (secondary N) is 3. The van der Waals surface area contributed by atoms with Crippen LogP contribution in [0.2, 0.25) is 0 Å². The van der Waals surface area contributed by atoms with Crippen molar-refractivity contribution in [1.29, 1.82) is 0 Å². The van der Waals surface area contributed by atoms with E-state index in [1.54, 1.807) is 0 Å². The maximum Gasteiger partial charge on any atom is 0.257 e. The first-order valence-corrected chi connectivity index (χ1v) is 9.20. The van der Waals surface area contributed by atoms with Crippen molar-refractivity contribution in [2.75, 3.05) is 17.6 Å². The number of thioether (sulfide) groups is 1. The Kier molecular flexibility index (Phi) is 7.35. The van der Waals surface area contributed by atoms with Crippen LogP contribution in [0.1, 0.15) is 16.7 Å². The van der Waals surface area contributed by atoms with E-state index < -0.39 is 0 Å². The van der Waals surface area contributed by atoms with Crippen molar-refractivity contribution in [2.45, 2.75) is 19.6 Å². The third-order valence-electron chi connectivity index (χ3n) is 3.51. The Morgan fingerprint density at radius 2 is 1.68 bits per heavy atom. The number of rotatable bonds is 7. The van der Waals surface area contributed by atoms with Crippen LogP contribution in [0.4, 0.5) is 5.69 Å². The highest BCUT2D eigenvalue weighted by atomic mass is 32.2. The molecule has 132 valence electrons. The van der Waals surface area contributed by atoms with Crippen molar-refractivity contribution in [3.05, 3.63) is 65.2 Å². The summed E-state index contributed by atoms with van der Waals surface area (Å²) in [6, 6.07) is 15.9. The van der Waals surface area contributed by atoms with Gasteiger partial charge in [-0.25, -0.2) is 0 Å². The maximum absolute atomic E-state index is 11.8. The van der Waals surface area contributed by atoms with E-state index in [4.69, 9.17) is 0 Å². The van der Waals surface area contributed by atoms with Crippen LogP contribution in [0.5, 0.6) is 0 Å². The van der Waals surface area contributed by atoms with E-state index in [0.29, 0.717) is 5.75 Å². The molecule has 6 heteroatoms. The van der Waals surface area contributed by atoms with E-state index in [1.165, 1.54) is 22.9 Å². The van der Waals surface area contributed by atoms with Gasteiger partial charge in [0.1, 0.15) is 0 Å². The van der Waals surface area contributed by atoms with Crippen LogP contribution in [0, 0.1) is 13.8 Å². The Labute approximate surface area is 152 Å². The molecule has 0 aliphatic rings. The first kappa shape index (κ1) is 18.9. The Bertz CT molecular complexity index is 720. The third-order valence-corrected chi connectivity index (χ3v) is 4.51. The summed E-state index contributed by atoms with van der Waals surface area (Å²) in [5, 5.41) is 3.06. The zero-order valence-corrected chi connectivity index (χ0v) is 15.3. The third kappa shape index (κ3) is 6.89. The standard InChI is InChI=1S/C19H23N3O2S/c1-14-8-9-17(15(2)10-14)20-11-18(23)21-22-19(24)13-25-12-16-6-4-3-5-7-16/h3-10,20H,11-13H2,1-2H3,(H,21,23)(H,22,24). The number of anilines is 1. The fourth-order valence-electron chi connectivity index (χ4n) is 2.24. The molecule has 2 aromatic carbocycles. The molecule has 0 unspecified atom stereocenters. The molecule has 0 aliphatic heterocycles. The van der Waals surface area contributed by atoms with E-state index in [-0.39, 0.29) is 18.4 Å². The predicted molar refractivity (Wildman–Crippen MR) is 103 cm³/mol. The van der Waals surface area contributed by atoms with Gasteiger partial charge in [0.2, 0.25) is 5.91 Å². The highest BCUT2D eigenvalue weighted by Crippen LogP contribution is 2.15. The largest absolute Gasteiger partial charge is 0.376 e. The first-order valence-electron chi connectivity index (χ1n) is 8.05. The predicted octanol–water partition coefficient (Wildman–Crippen LogP) is 2.80. The van der Waals surface area contributed by atoms with Crippen LogP contribution in [-0.4, -0.2) is 24.1 Å². The lowest BCUT2D eigenvalue weighted by Gasteiger charge is -2.11. The van der Waals surface area contributed by atoms with Gasteiger partial charge in [0.15, 0.2) is 0 Å². The molecule has 0 fully saturated rings. The molecular weight excluding hydrogens is 334 g/mol. The van der Waals surface area contributed by atoms with Crippen molar-refractivity contribution in [2.24, 2.45) is 0 Å². The number of aryl methyl sites for hydroxylation is 2. The molecule has 0 radical (unpaired) electrons. The lowest BCUT2D eigenvalue weighted by molar-refractivity contribution is -0.126. The van der Waals surface area contributed by atoms with Crippen LogP contribution in [0.15, 0.2) is 48.5 Å². The van der Waals surface area contributed by atoms with Gasteiger partial charge in [0.25, 0.3) is 5.91 Å². The average Bonchev–Trinajstić information content (AvgIpc) is 2.60. The van der Waals surface area contributed by atoms with E-state index in [1.807, 2.05) is 62.4 Å². The highest BCUT2D eigenvalue weighted by Gasteiger charge is 2.06. The molecular formula is C19H23N3O2S. The number of hydrogen-bond donors (Lipinski definition) is 3. The molecule has 3 N–H and O–H groups in total. The van der Waals surface area contributed by atoms with Gasteiger partial charge < -0.3 is 5.32 Å². The Balaban J connectivity index is 1.63. The zero-order valence-electron chi connectivity index (χ0n) is 14.5. The second kappa shape index (κ2) is 9.74. The smallest absolute Gasteiger partial charge is 0.257 e. The number of carbonyl (C=O) groups excluding carboxylic acids is 2. The Hall–Kier alpha value is -2.47. The minimum atomic E-state index is -0.290.